The number of carbonyl (C=O) groups excluding carboxylic acids is 1. The number of benzene rings is 3. The van der Waals surface area contributed by atoms with Gasteiger partial charge in [0.05, 0.1) is 23.6 Å². The average molecular weight is 581 g/mol. The van der Waals surface area contributed by atoms with Crippen molar-refractivity contribution < 1.29 is 19.0 Å². The third kappa shape index (κ3) is 8.70. The van der Waals surface area contributed by atoms with Gasteiger partial charge in [-0.25, -0.2) is 0 Å². The van der Waals surface area contributed by atoms with Crippen LogP contribution in [0.3, 0.4) is 0 Å². The van der Waals surface area contributed by atoms with E-state index in [9.17, 15) is 19.0 Å². The lowest BCUT2D eigenvalue weighted by atomic mass is 10.00. The molecule has 222 valence electrons. The molecule has 0 spiro atoms. The molecule has 9 heteroatoms. The first kappa shape index (κ1) is 30.9. The Balaban J connectivity index is 1.53. The highest BCUT2D eigenvalue weighted by molar-refractivity contribution is 8.25. The largest absolute Gasteiger partial charge is 0.390 e. The summed E-state index contributed by atoms with van der Waals surface area (Å²) < 4.78 is 23.1. The monoisotopic (exact) mass is 580 g/mol. The minimum atomic E-state index is -2.94. The summed E-state index contributed by atoms with van der Waals surface area (Å²) in [5.41, 5.74) is 6.27. The molecule has 0 bridgehead atoms. The molecule has 2 atom stereocenters. The Labute approximate surface area is 245 Å². The molecule has 3 aromatic rings. The van der Waals surface area contributed by atoms with Crippen LogP contribution >= 0.6 is 10.8 Å². The average Bonchev–Trinajstić information content (AvgIpc) is 2.92. The predicted octanol–water partition coefficient (Wildman–Crippen LogP) is 5.49. The second-order valence-corrected chi connectivity index (χ2v) is 13.0. The van der Waals surface area contributed by atoms with Crippen LogP contribution in [0.15, 0.2) is 66.7 Å². The Morgan fingerprint density at radius 2 is 1.71 bits per heavy atom. The van der Waals surface area contributed by atoms with Gasteiger partial charge in [-0.2, -0.15) is 0 Å². The van der Waals surface area contributed by atoms with E-state index in [0.717, 1.165) is 29.7 Å². The quantitative estimate of drug-likeness (QED) is 0.168. The number of aliphatic hydroxyl groups is 1. The molecule has 6 N–H and O–H groups in total. The van der Waals surface area contributed by atoms with Gasteiger partial charge in [-0.3, -0.25) is 18.2 Å². The molecule has 0 radical (unpaired) electrons. The number of amides is 1. The summed E-state index contributed by atoms with van der Waals surface area (Å²) in [7, 11) is -2.94. The standard InChI is InChI=1S/C32H44N4O4S/c1-4-34-28-18-27(19-29(20-28)36-12-8-9-13-41(36,39)40)32(38)35-30(17-25-10-6-5-7-11-25)31(37)22-33-21-26-15-23(2)14-24(3)16-26/h5-7,10-11,14-16,18-20,30-31,33-34,37,39-40H,4,8-9,12-13,17,21-22H2,1-3H3,(H,35,38). The lowest BCUT2D eigenvalue weighted by Gasteiger charge is -2.47. The van der Waals surface area contributed by atoms with Crippen molar-refractivity contribution in [2.24, 2.45) is 0 Å². The van der Waals surface area contributed by atoms with E-state index in [2.05, 4.69) is 48.0 Å². The van der Waals surface area contributed by atoms with E-state index in [1.54, 1.807) is 16.4 Å². The molecular formula is C32H44N4O4S. The highest BCUT2D eigenvalue weighted by atomic mass is 32.3. The maximum Gasteiger partial charge on any atom is 0.251 e. The van der Waals surface area contributed by atoms with Gasteiger partial charge in [0.2, 0.25) is 0 Å². The lowest BCUT2D eigenvalue weighted by molar-refractivity contribution is 0.0830. The molecule has 1 fully saturated rings. The molecule has 3 aromatic carbocycles. The zero-order valence-corrected chi connectivity index (χ0v) is 25.1. The first-order chi connectivity index (χ1) is 19.6. The van der Waals surface area contributed by atoms with Crippen molar-refractivity contribution in [3.05, 3.63) is 94.5 Å². The highest BCUT2D eigenvalue weighted by Crippen LogP contribution is 2.50. The zero-order valence-electron chi connectivity index (χ0n) is 24.3. The zero-order chi connectivity index (χ0) is 29.4. The number of carbonyl (C=O) groups is 1. The Morgan fingerprint density at radius 1 is 0.976 bits per heavy atom. The van der Waals surface area contributed by atoms with E-state index in [1.807, 2.05) is 43.3 Å². The van der Waals surface area contributed by atoms with E-state index in [4.69, 9.17) is 0 Å². The van der Waals surface area contributed by atoms with E-state index < -0.39 is 22.9 Å². The highest BCUT2D eigenvalue weighted by Gasteiger charge is 2.28. The third-order valence-corrected chi connectivity index (χ3v) is 9.21. The van der Waals surface area contributed by atoms with Crippen LogP contribution in [0, 0.1) is 13.8 Å². The van der Waals surface area contributed by atoms with Gasteiger partial charge in [0.1, 0.15) is 0 Å². The number of aliphatic hydroxyl groups excluding tert-OH is 1. The molecule has 2 unspecified atom stereocenters. The normalized spacial score (nSPS) is 17.0. The van der Waals surface area contributed by atoms with Gasteiger partial charge < -0.3 is 21.1 Å². The van der Waals surface area contributed by atoms with Crippen LogP contribution in [-0.2, 0) is 13.0 Å². The summed E-state index contributed by atoms with van der Waals surface area (Å²) in [6.07, 6.45) is 1.24. The molecule has 1 aliphatic heterocycles. The smallest absolute Gasteiger partial charge is 0.251 e. The number of anilines is 2. The van der Waals surface area contributed by atoms with Gasteiger partial charge in [0.25, 0.3) is 5.91 Å². The first-order valence-corrected chi connectivity index (χ1v) is 16.0. The SMILES string of the molecule is CCNc1cc(C(=O)NC(Cc2ccccc2)C(O)CNCc2cc(C)cc(C)c2)cc(N2CCCCS2(O)O)c1. The van der Waals surface area contributed by atoms with Gasteiger partial charge in [-0.05, 0) is 69.4 Å². The third-order valence-electron chi connectivity index (χ3n) is 7.27. The Bertz CT molecular complexity index is 1280. The van der Waals surface area contributed by atoms with Crippen molar-refractivity contribution in [3.8, 4) is 0 Å². The Morgan fingerprint density at radius 3 is 2.39 bits per heavy atom. The van der Waals surface area contributed by atoms with Crippen molar-refractivity contribution in [3.63, 3.8) is 0 Å². The minimum Gasteiger partial charge on any atom is -0.390 e. The molecule has 0 aromatic heterocycles. The molecule has 0 aliphatic carbocycles. The van der Waals surface area contributed by atoms with E-state index in [0.29, 0.717) is 49.6 Å². The van der Waals surface area contributed by atoms with Crippen LogP contribution in [0.1, 0.15) is 52.4 Å². The van der Waals surface area contributed by atoms with Crippen LogP contribution in [-0.4, -0.2) is 57.7 Å². The molecule has 8 nitrogen and oxygen atoms in total. The van der Waals surface area contributed by atoms with Crippen LogP contribution in [0.4, 0.5) is 11.4 Å². The van der Waals surface area contributed by atoms with Crippen LogP contribution in [0.25, 0.3) is 0 Å². The van der Waals surface area contributed by atoms with Crippen LogP contribution in [0.2, 0.25) is 0 Å². The number of aryl methyl sites for hydroxylation is 2. The minimum absolute atomic E-state index is 0.308. The van der Waals surface area contributed by atoms with E-state index >= 15 is 0 Å². The summed E-state index contributed by atoms with van der Waals surface area (Å²) in [6.45, 7) is 8.20. The van der Waals surface area contributed by atoms with Gasteiger partial charge >= 0.3 is 0 Å². The van der Waals surface area contributed by atoms with E-state index in [-0.39, 0.29) is 5.91 Å². The Hall–Kier alpha value is -3.08. The Kier molecular flexibility index (Phi) is 10.7. The van der Waals surface area contributed by atoms with Gasteiger partial charge in [-0.1, -0.05) is 59.7 Å². The number of nitrogens with zero attached hydrogens (tertiary/aromatic N) is 1. The van der Waals surface area contributed by atoms with Crippen molar-refractivity contribution in [2.75, 3.05) is 35.0 Å². The molecule has 4 rings (SSSR count). The fourth-order valence-electron chi connectivity index (χ4n) is 5.38. The van der Waals surface area contributed by atoms with Gasteiger partial charge in [-0.15, -0.1) is 10.8 Å². The van der Waals surface area contributed by atoms with Gasteiger partial charge in [0, 0.05) is 37.4 Å². The molecular weight excluding hydrogens is 536 g/mol. The van der Waals surface area contributed by atoms with Crippen LogP contribution in [0.5, 0.6) is 0 Å². The maximum absolute atomic E-state index is 13.7. The summed E-state index contributed by atoms with van der Waals surface area (Å²) in [4.78, 5) is 13.7. The van der Waals surface area contributed by atoms with Crippen LogP contribution < -0.4 is 20.3 Å². The summed E-state index contributed by atoms with van der Waals surface area (Å²) in [6, 6.07) is 21.0. The fraction of sp³-hybridized carbons (Fsp3) is 0.406. The number of nitrogens with one attached hydrogen (secondary N) is 3. The summed E-state index contributed by atoms with van der Waals surface area (Å²) >= 11 is 0. The second kappa shape index (κ2) is 14.2. The van der Waals surface area contributed by atoms with Crippen molar-refractivity contribution >= 4 is 28.1 Å². The fourth-order valence-corrected chi connectivity index (χ4v) is 7.05. The van der Waals surface area contributed by atoms with Crippen molar-refractivity contribution in [1.82, 2.24) is 10.6 Å². The first-order valence-electron chi connectivity index (χ1n) is 14.4. The molecule has 0 saturated carbocycles. The summed E-state index contributed by atoms with van der Waals surface area (Å²) in [5.74, 6) is -0.00534. The maximum atomic E-state index is 13.7. The molecule has 1 saturated heterocycles. The van der Waals surface area contributed by atoms with Crippen molar-refractivity contribution in [1.29, 1.82) is 0 Å². The molecule has 41 heavy (non-hydrogen) atoms. The number of rotatable bonds is 12. The topological polar surface area (TPSA) is 117 Å². The molecule has 1 aliphatic rings. The molecule has 1 amide bonds. The predicted molar refractivity (Wildman–Crippen MR) is 170 cm³/mol. The van der Waals surface area contributed by atoms with E-state index in [1.165, 1.54) is 11.1 Å². The second-order valence-electron chi connectivity index (χ2n) is 10.9. The lowest BCUT2D eigenvalue weighted by Crippen LogP contribution is -2.48. The number of hydrogen-bond acceptors (Lipinski definition) is 7. The number of hydrogen-bond donors (Lipinski definition) is 6. The van der Waals surface area contributed by atoms with Crippen molar-refractivity contribution in [2.45, 2.75) is 58.7 Å². The van der Waals surface area contributed by atoms with Gasteiger partial charge in [0.15, 0.2) is 0 Å². The molecule has 1 heterocycles. The summed E-state index contributed by atoms with van der Waals surface area (Å²) in [5, 5.41) is 20.9.